The van der Waals surface area contributed by atoms with Crippen molar-refractivity contribution in [1.29, 1.82) is 0 Å². The van der Waals surface area contributed by atoms with E-state index in [0.29, 0.717) is 23.1 Å². The van der Waals surface area contributed by atoms with Gasteiger partial charge >= 0.3 is 0 Å². The minimum Gasteiger partial charge on any atom is -0.485 e. The Kier molecular flexibility index (Phi) is 4.18. The zero-order chi connectivity index (χ0) is 16.2. The molecule has 3 rings (SSSR count). The van der Waals surface area contributed by atoms with Gasteiger partial charge in [0.2, 0.25) is 6.10 Å². The Hall–Kier alpha value is -2.96. The van der Waals surface area contributed by atoms with Crippen LogP contribution >= 0.6 is 0 Å². The second-order valence-electron chi connectivity index (χ2n) is 5.17. The number of carbonyl (C=O) groups is 1. The molecule has 2 heterocycles. The van der Waals surface area contributed by atoms with Crippen LogP contribution in [0.25, 0.3) is 0 Å². The topological polar surface area (TPSA) is 76.3 Å². The summed E-state index contributed by atoms with van der Waals surface area (Å²) < 4.78 is 16.6. The van der Waals surface area contributed by atoms with Gasteiger partial charge in [0, 0.05) is 20.2 Å². The average Bonchev–Trinajstić information content (AvgIpc) is 3.03. The van der Waals surface area contributed by atoms with Gasteiger partial charge in [-0.05, 0) is 18.2 Å². The lowest BCUT2D eigenvalue weighted by atomic mass is 10.2. The number of rotatable bonds is 4. The SMILES string of the molecule is CN(C)c1ccc(/C=N\NC(=O)[C@H]2COc3ccccc3O2)o1. The van der Waals surface area contributed by atoms with E-state index in [1.165, 1.54) is 6.21 Å². The first kappa shape index (κ1) is 15.0. The molecular weight excluding hydrogens is 298 g/mol. The van der Waals surface area contributed by atoms with Crippen molar-refractivity contribution in [2.24, 2.45) is 5.10 Å². The van der Waals surface area contributed by atoms with Gasteiger partial charge in [-0.2, -0.15) is 5.10 Å². The minimum atomic E-state index is -0.740. The summed E-state index contributed by atoms with van der Waals surface area (Å²) in [5.41, 5.74) is 2.42. The molecule has 1 N–H and O–H groups in total. The summed E-state index contributed by atoms with van der Waals surface area (Å²) in [5, 5.41) is 3.87. The number of furan rings is 1. The van der Waals surface area contributed by atoms with Crippen molar-refractivity contribution in [1.82, 2.24) is 5.43 Å². The monoisotopic (exact) mass is 315 g/mol. The van der Waals surface area contributed by atoms with Crippen molar-refractivity contribution in [3.05, 3.63) is 42.2 Å². The van der Waals surface area contributed by atoms with Gasteiger partial charge in [-0.25, -0.2) is 5.43 Å². The molecule has 0 bridgehead atoms. The van der Waals surface area contributed by atoms with Crippen LogP contribution < -0.4 is 19.8 Å². The average molecular weight is 315 g/mol. The fourth-order valence-corrected chi connectivity index (χ4v) is 2.03. The van der Waals surface area contributed by atoms with Crippen molar-refractivity contribution in [3.63, 3.8) is 0 Å². The third-order valence-electron chi connectivity index (χ3n) is 3.22. The Labute approximate surface area is 133 Å². The number of ether oxygens (including phenoxy) is 2. The van der Waals surface area contributed by atoms with Crippen LogP contribution in [0.15, 0.2) is 45.9 Å². The quantitative estimate of drug-likeness (QED) is 0.685. The predicted octanol–water partition coefficient (Wildman–Crippen LogP) is 1.64. The van der Waals surface area contributed by atoms with Crippen LogP contribution in [-0.4, -0.2) is 38.9 Å². The van der Waals surface area contributed by atoms with Crippen LogP contribution in [-0.2, 0) is 4.79 Å². The summed E-state index contributed by atoms with van der Waals surface area (Å²) in [6.45, 7) is 0.143. The van der Waals surface area contributed by atoms with E-state index < -0.39 is 6.10 Å². The first-order valence-electron chi connectivity index (χ1n) is 7.12. The van der Waals surface area contributed by atoms with E-state index in [0.717, 1.165) is 0 Å². The number of hydrazone groups is 1. The van der Waals surface area contributed by atoms with Crippen LogP contribution in [0.2, 0.25) is 0 Å². The van der Waals surface area contributed by atoms with E-state index in [9.17, 15) is 4.79 Å². The van der Waals surface area contributed by atoms with Crippen molar-refractivity contribution in [3.8, 4) is 11.5 Å². The van der Waals surface area contributed by atoms with Crippen LogP contribution in [0.5, 0.6) is 11.5 Å². The molecular formula is C16H17N3O4. The molecule has 23 heavy (non-hydrogen) atoms. The smallest absolute Gasteiger partial charge is 0.284 e. The Morgan fingerprint density at radius 2 is 2.04 bits per heavy atom. The molecule has 0 aliphatic carbocycles. The van der Waals surface area contributed by atoms with Gasteiger partial charge in [-0.15, -0.1) is 0 Å². The van der Waals surface area contributed by atoms with Gasteiger partial charge in [-0.3, -0.25) is 4.79 Å². The molecule has 0 fully saturated rings. The molecule has 1 aliphatic heterocycles. The Morgan fingerprint density at radius 1 is 1.26 bits per heavy atom. The molecule has 120 valence electrons. The van der Waals surface area contributed by atoms with Gasteiger partial charge in [-0.1, -0.05) is 12.1 Å². The lowest BCUT2D eigenvalue weighted by Gasteiger charge is -2.24. The molecule has 1 aromatic carbocycles. The zero-order valence-electron chi connectivity index (χ0n) is 12.9. The Morgan fingerprint density at radius 3 is 2.78 bits per heavy atom. The molecule has 0 spiro atoms. The number of nitrogens with one attached hydrogen (secondary N) is 1. The summed E-state index contributed by atoms with van der Waals surface area (Å²) >= 11 is 0. The summed E-state index contributed by atoms with van der Waals surface area (Å²) in [6.07, 6.45) is 0.693. The molecule has 7 heteroatoms. The number of carbonyl (C=O) groups excluding carboxylic acids is 1. The van der Waals surface area contributed by atoms with E-state index in [1.807, 2.05) is 37.2 Å². The molecule has 1 aromatic heterocycles. The second-order valence-corrected chi connectivity index (χ2v) is 5.17. The minimum absolute atomic E-state index is 0.143. The van der Waals surface area contributed by atoms with Crippen LogP contribution in [0.3, 0.4) is 0 Å². The number of hydrogen-bond acceptors (Lipinski definition) is 6. The number of anilines is 1. The summed E-state index contributed by atoms with van der Waals surface area (Å²) in [4.78, 5) is 13.9. The van der Waals surface area contributed by atoms with Crippen LogP contribution in [0.4, 0.5) is 5.88 Å². The van der Waals surface area contributed by atoms with Crippen LogP contribution in [0, 0.1) is 0 Å². The summed E-state index contributed by atoms with van der Waals surface area (Å²) in [5.74, 6) is 2.05. The van der Waals surface area contributed by atoms with Crippen molar-refractivity contribution < 1.29 is 18.7 Å². The molecule has 1 amide bonds. The van der Waals surface area contributed by atoms with Gasteiger partial charge in [0.05, 0.1) is 6.21 Å². The molecule has 1 aliphatic rings. The highest BCUT2D eigenvalue weighted by atomic mass is 16.6. The first-order chi connectivity index (χ1) is 11.1. The number of hydrogen-bond donors (Lipinski definition) is 1. The van der Waals surface area contributed by atoms with E-state index >= 15 is 0 Å². The van der Waals surface area contributed by atoms with Gasteiger partial charge in [0.15, 0.2) is 17.4 Å². The third-order valence-corrected chi connectivity index (χ3v) is 3.22. The van der Waals surface area contributed by atoms with Crippen molar-refractivity contribution in [2.75, 3.05) is 25.6 Å². The maximum atomic E-state index is 12.0. The lowest BCUT2D eigenvalue weighted by Crippen LogP contribution is -2.42. The molecule has 0 saturated carbocycles. The van der Waals surface area contributed by atoms with Crippen molar-refractivity contribution in [2.45, 2.75) is 6.10 Å². The highest BCUT2D eigenvalue weighted by Crippen LogP contribution is 2.30. The summed E-state index contributed by atoms with van der Waals surface area (Å²) in [7, 11) is 3.75. The molecule has 2 aromatic rings. The number of fused-ring (bicyclic) bond motifs is 1. The fraction of sp³-hybridized carbons (Fsp3) is 0.250. The van der Waals surface area contributed by atoms with Crippen molar-refractivity contribution >= 4 is 18.0 Å². The van der Waals surface area contributed by atoms with Gasteiger partial charge in [0.25, 0.3) is 5.91 Å². The normalized spacial score (nSPS) is 16.3. The molecule has 0 saturated heterocycles. The van der Waals surface area contributed by atoms with Crippen LogP contribution in [0.1, 0.15) is 5.76 Å². The molecule has 7 nitrogen and oxygen atoms in total. The predicted molar refractivity (Wildman–Crippen MR) is 85.1 cm³/mol. The molecule has 0 unspecified atom stereocenters. The van der Waals surface area contributed by atoms with E-state index in [-0.39, 0.29) is 12.5 Å². The van der Waals surface area contributed by atoms with Gasteiger partial charge < -0.3 is 18.8 Å². The summed E-state index contributed by atoms with van der Waals surface area (Å²) in [6, 6.07) is 10.8. The number of nitrogens with zero attached hydrogens (tertiary/aromatic N) is 2. The number of para-hydroxylation sites is 2. The molecule has 1 atom stereocenters. The fourth-order valence-electron chi connectivity index (χ4n) is 2.03. The van der Waals surface area contributed by atoms with E-state index in [2.05, 4.69) is 10.5 Å². The number of benzene rings is 1. The van der Waals surface area contributed by atoms with Gasteiger partial charge in [0.1, 0.15) is 12.4 Å². The second kappa shape index (κ2) is 6.43. The maximum absolute atomic E-state index is 12.0. The van der Waals surface area contributed by atoms with E-state index in [4.69, 9.17) is 13.9 Å². The molecule has 0 radical (unpaired) electrons. The largest absolute Gasteiger partial charge is 0.485 e. The standard InChI is InChI=1S/C16H17N3O4/c1-19(2)15-8-7-11(22-15)9-17-18-16(20)14-10-21-12-5-3-4-6-13(12)23-14/h3-9,14H,10H2,1-2H3,(H,18,20)/b17-9-/t14-/m1/s1. The third kappa shape index (κ3) is 3.45. The lowest BCUT2D eigenvalue weighted by molar-refractivity contribution is -0.130. The maximum Gasteiger partial charge on any atom is 0.284 e. The number of amides is 1. The zero-order valence-corrected chi connectivity index (χ0v) is 12.9. The Balaban J connectivity index is 1.56. The highest BCUT2D eigenvalue weighted by Gasteiger charge is 2.26. The highest BCUT2D eigenvalue weighted by molar-refractivity contribution is 5.84. The van der Waals surface area contributed by atoms with E-state index in [1.54, 1.807) is 18.2 Å². The Bertz CT molecular complexity index is 724. The first-order valence-corrected chi connectivity index (χ1v) is 7.12.